The zero-order valence-corrected chi connectivity index (χ0v) is 9.88. The Labute approximate surface area is 89.8 Å². The largest absolute Gasteiger partial charge is 0.356 e. The van der Waals surface area contributed by atoms with Gasteiger partial charge in [0.15, 0.2) is 0 Å². The summed E-state index contributed by atoms with van der Waals surface area (Å²) in [6, 6.07) is 0. The molecule has 0 aliphatic heterocycles. The lowest BCUT2D eigenvalue weighted by Crippen LogP contribution is -2.24. The second kappa shape index (κ2) is 8.70. The predicted molar refractivity (Wildman–Crippen MR) is 60.6 cm³/mol. The van der Waals surface area contributed by atoms with Crippen LogP contribution in [0.4, 0.5) is 0 Å². The van der Waals surface area contributed by atoms with Gasteiger partial charge in [0.25, 0.3) is 0 Å². The van der Waals surface area contributed by atoms with E-state index in [0.29, 0.717) is 6.42 Å². The first-order chi connectivity index (χ1) is 6.16. The van der Waals surface area contributed by atoms with Gasteiger partial charge in [0, 0.05) is 24.1 Å². The Hall–Kier alpha value is 0.110. The second-order valence-electron chi connectivity index (χ2n) is 3.02. The zero-order chi connectivity index (χ0) is 10.1. The van der Waals surface area contributed by atoms with Gasteiger partial charge in [-0.1, -0.05) is 0 Å². The number of nitrogens with one attached hydrogen (secondary N) is 1. The average Bonchev–Trinajstić information content (AvgIpc) is 2.08. The number of carbonyl (C=O) groups excluding carboxylic acids is 1. The number of alkyl halides is 1. The Morgan fingerprint density at radius 1 is 1.62 bits per heavy atom. The van der Waals surface area contributed by atoms with Crippen molar-refractivity contribution in [3.05, 3.63) is 0 Å². The number of carbonyl (C=O) groups is 1. The maximum Gasteiger partial charge on any atom is 0.220 e. The molecule has 0 spiro atoms. The van der Waals surface area contributed by atoms with Gasteiger partial charge in [-0.3, -0.25) is 4.79 Å². The highest BCUT2D eigenvalue weighted by Crippen LogP contribution is 2.02. The number of amides is 1. The Balaban J connectivity index is 3.17. The summed E-state index contributed by atoms with van der Waals surface area (Å²) in [6.45, 7) is 2.72. The minimum absolute atomic E-state index is 0.150. The first kappa shape index (κ1) is 13.1. The number of halogens is 1. The molecular formula is C9H18ClNOS. The van der Waals surface area contributed by atoms with Crippen LogP contribution in [0.15, 0.2) is 0 Å². The molecule has 0 heterocycles. The molecule has 0 aromatic rings. The Bertz CT molecular complexity index is 142. The molecule has 0 radical (unpaired) electrons. The topological polar surface area (TPSA) is 29.1 Å². The van der Waals surface area contributed by atoms with Crippen LogP contribution in [0.5, 0.6) is 0 Å². The molecule has 4 heteroatoms. The first-order valence-electron chi connectivity index (χ1n) is 4.56. The van der Waals surface area contributed by atoms with E-state index in [1.165, 1.54) is 0 Å². The van der Waals surface area contributed by atoms with Crippen molar-refractivity contribution in [3.8, 4) is 0 Å². The maximum atomic E-state index is 11.1. The number of hydrogen-bond acceptors (Lipinski definition) is 2. The van der Waals surface area contributed by atoms with E-state index in [1.807, 2.05) is 13.2 Å². The van der Waals surface area contributed by atoms with Crippen LogP contribution in [-0.2, 0) is 4.79 Å². The third kappa shape index (κ3) is 10.0. The van der Waals surface area contributed by atoms with E-state index < -0.39 is 0 Å². The molecule has 1 unspecified atom stereocenters. The molecule has 0 fully saturated rings. The normalized spacial score (nSPS) is 12.5. The van der Waals surface area contributed by atoms with Crippen LogP contribution in [0.3, 0.4) is 0 Å². The summed E-state index contributed by atoms with van der Waals surface area (Å²) >= 11 is 7.45. The lowest BCUT2D eigenvalue weighted by Gasteiger charge is -2.05. The van der Waals surface area contributed by atoms with Crippen LogP contribution in [0.1, 0.15) is 26.2 Å². The minimum atomic E-state index is 0.150. The molecule has 0 aromatic heterocycles. The fraction of sp³-hybridized carbons (Fsp3) is 0.889. The summed E-state index contributed by atoms with van der Waals surface area (Å²) in [5.41, 5.74) is 0. The van der Waals surface area contributed by atoms with Gasteiger partial charge in [0.1, 0.15) is 0 Å². The molecule has 0 rings (SSSR count). The van der Waals surface area contributed by atoms with Gasteiger partial charge in [-0.25, -0.2) is 0 Å². The molecular weight excluding hydrogens is 206 g/mol. The van der Waals surface area contributed by atoms with Gasteiger partial charge < -0.3 is 5.32 Å². The van der Waals surface area contributed by atoms with Crippen molar-refractivity contribution in [3.63, 3.8) is 0 Å². The summed E-state index contributed by atoms with van der Waals surface area (Å²) in [7, 11) is 0. The van der Waals surface area contributed by atoms with Crippen LogP contribution in [0, 0.1) is 0 Å². The molecule has 0 aliphatic rings. The van der Waals surface area contributed by atoms with Crippen LogP contribution < -0.4 is 5.32 Å². The quantitative estimate of drug-likeness (QED) is 0.530. The molecule has 13 heavy (non-hydrogen) atoms. The zero-order valence-electron chi connectivity index (χ0n) is 8.31. The standard InChI is InChI=1S/C9H18ClNOS/c1-8(10)4-3-6-11-9(12)5-7-13-2/h8H,3-7H2,1-2H3,(H,11,12). The smallest absolute Gasteiger partial charge is 0.220 e. The maximum absolute atomic E-state index is 11.1. The molecule has 0 aliphatic carbocycles. The fourth-order valence-electron chi connectivity index (χ4n) is 0.894. The molecule has 0 saturated carbocycles. The van der Waals surface area contributed by atoms with Crippen molar-refractivity contribution in [1.29, 1.82) is 0 Å². The van der Waals surface area contributed by atoms with Crippen LogP contribution in [-0.4, -0.2) is 29.8 Å². The molecule has 0 bridgehead atoms. The summed E-state index contributed by atoms with van der Waals surface area (Å²) in [5, 5.41) is 3.07. The van der Waals surface area contributed by atoms with E-state index >= 15 is 0 Å². The third-order valence-electron chi connectivity index (χ3n) is 1.63. The van der Waals surface area contributed by atoms with Crippen LogP contribution >= 0.6 is 23.4 Å². The van der Waals surface area contributed by atoms with E-state index in [0.717, 1.165) is 25.1 Å². The van der Waals surface area contributed by atoms with Crippen LogP contribution in [0.25, 0.3) is 0 Å². The lowest BCUT2D eigenvalue weighted by molar-refractivity contribution is -0.120. The van der Waals surface area contributed by atoms with Crippen molar-refractivity contribution in [2.24, 2.45) is 0 Å². The van der Waals surface area contributed by atoms with E-state index in [2.05, 4.69) is 5.32 Å². The molecule has 1 N–H and O–H groups in total. The highest BCUT2D eigenvalue weighted by Gasteiger charge is 2.00. The minimum Gasteiger partial charge on any atom is -0.356 e. The third-order valence-corrected chi connectivity index (χ3v) is 2.46. The summed E-state index contributed by atoms with van der Waals surface area (Å²) in [6.07, 6.45) is 4.56. The number of rotatable bonds is 7. The van der Waals surface area contributed by atoms with Gasteiger partial charge in [0.2, 0.25) is 5.91 Å². The molecule has 2 nitrogen and oxygen atoms in total. The van der Waals surface area contributed by atoms with Gasteiger partial charge in [0.05, 0.1) is 0 Å². The van der Waals surface area contributed by atoms with E-state index in [1.54, 1.807) is 11.8 Å². The molecule has 1 atom stereocenters. The van der Waals surface area contributed by atoms with Gasteiger partial charge in [-0.05, 0) is 26.0 Å². The Morgan fingerprint density at radius 2 is 2.31 bits per heavy atom. The lowest BCUT2D eigenvalue weighted by atomic mass is 10.2. The van der Waals surface area contributed by atoms with Gasteiger partial charge in [-0.15, -0.1) is 11.6 Å². The van der Waals surface area contributed by atoms with Crippen molar-refractivity contribution in [2.45, 2.75) is 31.6 Å². The molecule has 0 aromatic carbocycles. The summed E-state index contributed by atoms with van der Waals surface area (Å²) in [4.78, 5) is 11.1. The highest BCUT2D eigenvalue weighted by atomic mass is 35.5. The molecule has 0 saturated heterocycles. The molecule has 1 amide bonds. The Morgan fingerprint density at radius 3 is 2.85 bits per heavy atom. The van der Waals surface area contributed by atoms with Crippen molar-refractivity contribution >= 4 is 29.3 Å². The van der Waals surface area contributed by atoms with Crippen molar-refractivity contribution < 1.29 is 4.79 Å². The van der Waals surface area contributed by atoms with Crippen LogP contribution in [0.2, 0.25) is 0 Å². The van der Waals surface area contributed by atoms with Gasteiger partial charge in [-0.2, -0.15) is 11.8 Å². The van der Waals surface area contributed by atoms with Crippen molar-refractivity contribution in [2.75, 3.05) is 18.6 Å². The summed E-state index contributed by atoms with van der Waals surface area (Å²) in [5.74, 6) is 1.05. The van der Waals surface area contributed by atoms with Crippen molar-refractivity contribution in [1.82, 2.24) is 5.32 Å². The van der Waals surface area contributed by atoms with E-state index in [4.69, 9.17) is 11.6 Å². The van der Waals surface area contributed by atoms with E-state index in [-0.39, 0.29) is 11.3 Å². The highest BCUT2D eigenvalue weighted by molar-refractivity contribution is 7.98. The van der Waals surface area contributed by atoms with E-state index in [9.17, 15) is 4.79 Å². The predicted octanol–water partition coefficient (Wildman–Crippen LogP) is 2.26. The fourth-order valence-corrected chi connectivity index (χ4v) is 1.44. The average molecular weight is 224 g/mol. The number of thioether (sulfide) groups is 1. The Kier molecular flexibility index (Phi) is 8.77. The SMILES string of the molecule is CSCCC(=O)NCCCC(C)Cl. The molecule has 78 valence electrons. The first-order valence-corrected chi connectivity index (χ1v) is 6.39. The second-order valence-corrected chi connectivity index (χ2v) is 4.75. The summed E-state index contributed by atoms with van der Waals surface area (Å²) < 4.78 is 0. The number of hydrogen-bond donors (Lipinski definition) is 1. The monoisotopic (exact) mass is 223 g/mol. The van der Waals surface area contributed by atoms with Gasteiger partial charge >= 0.3 is 0 Å².